The molecule has 1 amide bonds. The fourth-order valence-electron chi connectivity index (χ4n) is 2.73. The molecule has 2 aliphatic carbocycles. The average molecular weight is 253 g/mol. The Bertz CT molecular complexity index is 274. The molecule has 0 atom stereocenters. The lowest BCUT2D eigenvalue weighted by Gasteiger charge is -2.38. The van der Waals surface area contributed by atoms with E-state index in [-0.39, 0.29) is 0 Å². The monoisotopic (exact) mass is 253 g/mol. The standard InChI is InChI=1S/C14H27N3O/c1-2-17(13-7-8-13)14(18)11-16(10-4-9-15)12-5-3-6-12/h12-13H,2-11,15H2,1H3. The van der Waals surface area contributed by atoms with Crippen LogP contribution in [0.2, 0.25) is 0 Å². The number of rotatable bonds is 8. The van der Waals surface area contributed by atoms with Crippen molar-refractivity contribution < 1.29 is 4.79 Å². The average Bonchev–Trinajstić information content (AvgIpc) is 3.08. The van der Waals surface area contributed by atoms with Crippen LogP contribution in [0.1, 0.15) is 45.4 Å². The van der Waals surface area contributed by atoms with Gasteiger partial charge in [0.05, 0.1) is 6.54 Å². The van der Waals surface area contributed by atoms with Gasteiger partial charge in [0, 0.05) is 25.2 Å². The molecule has 2 saturated carbocycles. The first kappa shape index (κ1) is 13.8. The van der Waals surface area contributed by atoms with E-state index in [0.29, 0.717) is 24.5 Å². The molecule has 18 heavy (non-hydrogen) atoms. The molecule has 0 spiro atoms. The normalized spacial score (nSPS) is 19.9. The van der Waals surface area contributed by atoms with Crippen molar-refractivity contribution in [3.05, 3.63) is 0 Å². The number of likely N-dealkylation sites (N-methyl/N-ethyl adjacent to an activating group) is 1. The Labute approximate surface area is 110 Å². The molecule has 104 valence electrons. The zero-order valence-electron chi connectivity index (χ0n) is 11.6. The second kappa shape index (κ2) is 6.53. The summed E-state index contributed by atoms with van der Waals surface area (Å²) in [5, 5.41) is 0. The van der Waals surface area contributed by atoms with Gasteiger partial charge in [0.1, 0.15) is 0 Å². The zero-order valence-corrected chi connectivity index (χ0v) is 11.6. The van der Waals surface area contributed by atoms with Crippen molar-refractivity contribution in [3.63, 3.8) is 0 Å². The largest absolute Gasteiger partial charge is 0.339 e. The summed E-state index contributed by atoms with van der Waals surface area (Å²) in [4.78, 5) is 16.8. The molecule has 2 N–H and O–H groups in total. The van der Waals surface area contributed by atoms with E-state index < -0.39 is 0 Å². The summed E-state index contributed by atoms with van der Waals surface area (Å²) in [5.41, 5.74) is 5.59. The van der Waals surface area contributed by atoms with Crippen LogP contribution in [0, 0.1) is 0 Å². The highest BCUT2D eigenvalue weighted by Gasteiger charge is 2.33. The summed E-state index contributed by atoms with van der Waals surface area (Å²) < 4.78 is 0. The second-order valence-electron chi connectivity index (χ2n) is 5.61. The van der Waals surface area contributed by atoms with E-state index >= 15 is 0 Å². The van der Waals surface area contributed by atoms with E-state index in [0.717, 1.165) is 26.1 Å². The van der Waals surface area contributed by atoms with E-state index in [1.165, 1.54) is 32.1 Å². The van der Waals surface area contributed by atoms with Crippen molar-refractivity contribution in [2.24, 2.45) is 5.73 Å². The molecular formula is C14H27N3O. The fourth-order valence-corrected chi connectivity index (χ4v) is 2.73. The van der Waals surface area contributed by atoms with Crippen molar-refractivity contribution >= 4 is 5.91 Å². The summed E-state index contributed by atoms with van der Waals surface area (Å²) in [6.07, 6.45) is 7.23. The molecule has 0 unspecified atom stereocenters. The van der Waals surface area contributed by atoms with Gasteiger partial charge in [0.2, 0.25) is 5.91 Å². The number of nitrogens with two attached hydrogens (primary N) is 1. The number of hydrogen-bond donors (Lipinski definition) is 1. The molecule has 2 rings (SSSR count). The van der Waals surface area contributed by atoms with Crippen LogP contribution < -0.4 is 5.73 Å². The number of amides is 1. The van der Waals surface area contributed by atoms with Crippen LogP contribution in [0.15, 0.2) is 0 Å². The molecule has 0 aromatic rings. The Balaban J connectivity index is 1.83. The first-order valence-corrected chi connectivity index (χ1v) is 7.49. The van der Waals surface area contributed by atoms with Crippen molar-refractivity contribution in [2.45, 2.75) is 57.5 Å². The molecule has 0 bridgehead atoms. The quantitative estimate of drug-likeness (QED) is 0.707. The van der Waals surface area contributed by atoms with Gasteiger partial charge in [-0.05, 0) is 45.6 Å². The minimum atomic E-state index is 0.323. The molecule has 0 aliphatic heterocycles. The molecule has 4 heteroatoms. The maximum absolute atomic E-state index is 12.3. The van der Waals surface area contributed by atoms with E-state index in [2.05, 4.69) is 16.7 Å². The number of carbonyl (C=O) groups excluding carboxylic acids is 1. The minimum absolute atomic E-state index is 0.323. The highest BCUT2D eigenvalue weighted by atomic mass is 16.2. The lowest BCUT2D eigenvalue weighted by molar-refractivity contribution is -0.133. The molecule has 2 fully saturated rings. The Morgan fingerprint density at radius 1 is 1.22 bits per heavy atom. The summed E-state index contributed by atoms with van der Waals surface area (Å²) in [5.74, 6) is 0.323. The van der Waals surface area contributed by atoms with Crippen molar-refractivity contribution in [1.82, 2.24) is 9.80 Å². The number of hydrogen-bond acceptors (Lipinski definition) is 3. The molecule has 0 radical (unpaired) electrons. The number of carbonyl (C=O) groups is 1. The molecule has 0 heterocycles. The van der Waals surface area contributed by atoms with E-state index in [9.17, 15) is 4.79 Å². The second-order valence-corrected chi connectivity index (χ2v) is 5.61. The van der Waals surface area contributed by atoms with Crippen LogP contribution >= 0.6 is 0 Å². The van der Waals surface area contributed by atoms with Crippen molar-refractivity contribution in [2.75, 3.05) is 26.2 Å². The van der Waals surface area contributed by atoms with Crippen LogP contribution in [-0.2, 0) is 4.79 Å². The summed E-state index contributed by atoms with van der Waals surface area (Å²) >= 11 is 0. The Morgan fingerprint density at radius 2 is 1.94 bits per heavy atom. The summed E-state index contributed by atoms with van der Waals surface area (Å²) in [7, 11) is 0. The van der Waals surface area contributed by atoms with Crippen LogP contribution in [0.5, 0.6) is 0 Å². The lowest BCUT2D eigenvalue weighted by Crippen LogP contribution is -2.48. The third-order valence-electron chi connectivity index (χ3n) is 4.23. The van der Waals surface area contributed by atoms with Gasteiger partial charge in [-0.25, -0.2) is 0 Å². The van der Waals surface area contributed by atoms with Gasteiger partial charge in [-0.15, -0.1) is 0 Å². The molecule has 2 aliphatic rings. The van der Waals surface area contributed by atoms with E-state index in [4.69, 9.17) is 5.73 Å². The first-order chi connectivity index (χ1) is 8.76. The maximum atomic E-state index is 12.3. The van der Waals surface area contributed by atoms with Crippen LogP contribution in [0.25, 0.3) is 0 Å². The first-order valence-electron chi connectivity index (χ1n) is 7.49. The lowest BCUT2D eigenvalue weighted by atomic mass is 9.91. The SMILES string of the molecule is CCN(C(=O)CN(CCCN)C1CCC1)C1CC1. The van der Waals surface area contributed by atoms with Gasteiger partial charge in [-0.1, -0.05) is 6.42 Å². The Hall–Kier alpha value is -0.610. The molecule has 0 aromatic carbocycles. The summed E-state index contributed by atoms with van der Waals surface area (Å²) in [6, 6.07) is 1.18. The third kappa shape index (κ3) is 3.45. The van der Waals surface area contributed by atoms with Crippen LogP contribution in [0.4, 0.5) is 0 Å². The predicted molar refractivity (Wildman–Crippen MR) is 73.3 cm³/mol. The molecule has 4 nitrogen and oxygen atoms in total. The van der Waals surface area contributed by atoms with E-state index in [1.54, 1.807) is 0 Å². The van der Waals surface area contributed by atoms with Crippen molar-refractivity contribution in [1.29, 1.82) is 0 Å². The molecule has 0 saturated heterocycles. The predicted octanol–water partition coefficient (Wildman–Crippen LogP) is 1.20. The van der Waals surface area contributed by atoms with Crippen LogP contribution in [0.3, 0.4) is 0 Å². The van der Waals surface area contributed by atoms with Gasteiger partial charge in [-0.3, -0.25) is 9.69 Å². The minimum Gasteiger partial charge on any atom is -0.339 e. The zero-order chi connectivity index (χ0) is 13.0. The maximum Gasteiger partial charge on any atom is 0.236 e. The van der Waals surface area contributed by atoms with Crippen molar-refractivity contribution in [3.8, 4) is 0 Å². The van der Waals surface area contributed by atoms with E-state index in [1.807, 2.05) is 0 Å². The Kier molecular flexibility index (Phi) is 5.01. The molecular weight excluding hydrogens is 226 g/mol. The topological polar surface area (TPSA) is 49.6 Å². The fraction of sp³-hybridized carbons (Fsp3) is 0.929. The summed E-state index contributed by atoms with van der Waals surface area (Å²) in [6.45, 7) is 5.25. The van der Waals surface area contributed by atoms with Gasteiger partial charge in [-0.2, -0.15) is 0 Å². The third-order valence-corrected chi connectivity index (χ3v) is 4.23. The highest BCUT2D eigenvalue weighted by Crippen LogP contribution is 2.28. The Morgan fingerprint density at radius 3 is 2.39 bits per heavy atom. The van der Waals surface area contributed by atoms with Gasteiger partial charge in [0.25, 0.3) is 0 Å². The smallest absolute Gasteiger partial charge is 0.236 e. The van der Waals surface area contributed by atoms with Gasteiger partial charge < -0.3 is 10.6 Å². The van der Waals surface area contributed by atoms with Gasteiger partial charge >= 0.3 is 0 Å². The number of nitrogens with zero attached hydrogens (tertiary/aromatic N) is 2. The van der Waals surface area contributed by atoms with Crippen LogP contribution in [-0.4, -0.2) is 54.0 Å². The highest BCUT2D eigenvalue weighted by molar-refractivity contribution is 5.79. The molecule has 0 aromatic heterocycles. The van der Waals surface area contributed by atoms with Gasteiger partial charge in [0.15, 0.2) is 0 Å².